The summed E-state index contributed by atoms with van der Waals surface area (Å²) < 4.78 is 40.5. The van der Waals surface area contributed by atoms with Crippen molar-refractivity contribution in [2.24, 2.45) is 5.92 Å². The molecule has 0 bridgehead atoms. The second kappa shape index (κ2) is 9.19. The molecule has 1 nitrogen and oxygen atoms in total. The second-order valence-electron chi connectivity index (χ2n) is 7.38. The van der Waals surface area contributed by atoms with Crippen LogP contribution in [0, 0.1) is 17.8 Å². The normalized spacial score (nSPS) is 19.6. The van der Waals surface area contributed by atoms with Gasteiger partial charge in [-0.25, -0.2) is 0 Å². The summed E-state index contributed by atoms with van der Waals surface area (Å²) in [4.78, 5) is 0. The van der Waals surface area contributed by atoms with Crippen LogP contribution in [0.3, 0.4) is 0 Å². The van der Waals surface area contributed by atoms with Crippen molar-refractivity contribution in [3.63, 3.8) is 0 Å². The number of hydrogen-bond donors (Lipinski definition) is 0. The van der Waals surface area contributed by atoms with Crippen molar-refractivity contribution in [1.29, 1.82) is 0 Å². The van der Waals surface area contributed by atoms with Gasteiger partial charge in [0, 0.05) is 11.5 Å². The number of rotatable bonds is 4. The topological polar surface area (TPSA) is 9.23 Å². The number of halogens is 3. The van der Waals surface area contributed by atoms with E-state index >= 15 is 0 Å². The highest BCUT2D eigenvalue weighted by Crippen LogP contribution is 2.35. The predicted octanol–water partition coefficient (Wildman–Crippen LogP) is 6.86. The van der Waals surface area contributed by atoms with E-state index in [1.807, 2.05) is 0 Å². The van der Waals surface area contributed by atoms with Gasteiger partial charge in [0.1, 0.15) is 5.75 Å². The van der Waals surface area contributed by atoms with Crippen molar-refractivity contribution in [3.05, 3.63) is 65.2 Å². The molecule has 0 atom stereocenters. The minimum absolute atomic E-state index is 0.219. The highest BCUT2D eigenvalue weighted by atomic mass is 19.4. The minimum Gasteiger partial charge on any atom is -0.406 e. The first-order valence-corrected chi connectivity index (χ1v) is 9.89. The Hall–Kier alpha value is -2.41. The molecule has 1 aliphatic carbocycles. The van der Waals surface area contributed by atoms with Gasteiger partial charge in [-0.2, -0.15) is 0 Å². The molecule has 28 heavy (non-hydrogen) atoms. The fourth-order valence-corrected chi connectivity index (χ4v) is 3.74. The molecule has 0 aromatic heterocycles. The first kappa shape index (κ1) is 20.3. The molecule has 0 N–H and O–H groups in total. The third kappa shape index (κ3) is 6.05. The average Bonchev–Trinajstić information content (AvgIpc) is 2.68. The molecule has 4 heteroatoms. The van der Waals surface area contributed by atoms with Crippen molar-refractivity contribution in [1.82, 2.24) is 0 Å². The summed E-state index contributed by atoms with van der Waals surface area (Å²) in [6.07, 6.45) is 2.01. The highest BCUT2D eigenvalue weighted by Gasteiger charge is 2.30. The van der Waals surface area contributed by atoms with Gasteiger partial charge >= 0.3 is 6.36 Å². The molecule has 0 unspecified atom stereocenters. The first-order chi connectivity index (χ1) is 13.4. The van der Waals surface area contributed by atoms with Gasteiger partial charge in [-0.15, -0.1) is 13.2 Å². The van der Waals surface area contributed by atoms with Gasteiger partial charge in [0.2, 0.25) is 0 Å². The summed E-state index contributed by atoms with van der Waals surface area (Å²) in [7, 11) is 0. The summed E-state index contributed by atoms with van der Waals surface area (Å²) in [6, 6.07) is 14.8. The summed E-state index contributed by atoms with van der Waals surface area (Å²) in [5, 5.41) is 0. The van der Waals surface area contributed by atoms with E-state index in [4.69, 9.17) is 0 Å². The Labute approximate surface area is 164 Å². The Morgan fingerprint density at radius 1 is 0.929 bits per heavy atom. The third-order valence-corrected chi connectivity index (χ3v) is 5.23. The van der Waals surface area contributed by atoms with E-state index in [-0.39, 0.29) is 5.75 Å². The summed E-state index contributed by atoms with van der Waals surface area (Å²) in [5.41, 5.74) is 3.53. The molecule has 0 saturated heterocycles. The molecule has 1 saturated carbocycles. The molecule has 0 amide bonds. The van der Waals surface area contributed by atoms with E-state index in [1.54, 1.807) is 12.1 Å². The van der Waals surface area contributed by atoms with E-state index in [1.165, 1.54) is 29.7 Å². The molecule has 148 valence electrons. The van der Waals surface area contributed by atoms with Crippen molar-refractivity contribution >= 4 is 0 Å². The lowest BCUT2D eigenvalue weighted by molar-refractivity contribution is -0.274. The Kier molecular flexibility index (Phi) is 6.67. The van der Waals surface area contributed by atoms with Crippen LogP contribution >= 0.6 is 0 Å². The van der Waals surface area contributed by atoms with Gasteiger partial charge in [-0.3, -0.25) is 0 Å². The zero-order valence-corrected chi connectivity index (χ0v) is 16.1. The quantitative estimate of drug-likeness (QED) is 0.521. The Morgan fingerprint density at radius 3 is 2.14 bits per heavy atom. The summed E-state index contributed by atoms with van der Waals surface area (Å²) >= 11 is 0. The van der Waals surface area contributed by atoms with Crippen LogP contribution in [-0.4, -0.2) is 6.36 Å². The maximum Gasteiger partial charge on any atom is 0.573 e. The lowest BCUT2D eigenvalue weighted by Crippen LogP contribution is -2.16. The maximum atomic E-state index is 12.2. The molecule has 1 aliphatic rings. The van der Waals surface area contributed by atoms with Crippen LogP contribution in [0.5, 0.6) is 5.75 Å². The van der Waals surface area contributed by atoms with E-state index in [0.29, 0.717) is 17.4 Å². The zero-order valence-electron chi connectivity index (χ0n) is 16.1. The smallest absolute Gasteiger partial charge is 0.406 e. The molecule has 2 aromatic carbocycles. The largest absolute Gasteiger partial charge is 0.573 e. The molecular weight excluding hydrogens is 361 g/mol. The standard InChI is InChI=1S/C24H25F3O/c1-2-3-18-6-12-21(13-7-18)22-14-8-19(9-15-22)4-5-20-10-16-23(17-11-20)28-24(25,26)27/h6-7,10-13,16-17,19,22H,2-3,8-9,14-15H2,1H3. The van der Waals surface area contributed by atoms with Crippen molar-refractivity contribution < 1.29 is 17.9 Å². The molecule has 0 heterocycles. The minimum atomic E-state index is -4.66. The molecule has 0 radical (unpaired) electrons. The third-order valence-electron chi connectivity index (χ3n) is 5.23. The number of alkyl halides is 3. The van der Waals surface area contributed by atoms with E-state index in [0.717, 1.165) is 32.1 Å². The van der Waals surface area contributed by atoms with Crippen LogP contribution in [0.25, 0.3) is 0 Å². The van der Waals surface area contributed by atoms with Crippen LogP contribution < -0.4 is 4.74 Å². The van der Waals surface area contributed by atoms with E-state index in [2.05, 4.69) is 47.8 Å². The lowest BCUT2D eigenvalue weighted by Gasteiger charge is -2.26. The van der Waals surface area contributed by atoms with Crippen molar-refractivity contribution in [3.8, 4) is 17.6 Å². The van der Waals surface area contributed by atoms with Gasteiger partial charge < -0.3 is 4.74 Å². The fourth-order valence-electron chi connectivity index (χ4n) is 3.74. The Morgan fingerprint density at radius 2 is 1.57 bits per heavy atom. The van der Waals surface area contributed by atoms with Gasteiger partial charge in [0.05, 0.1) is 0 Å². The average molecular weight is 386 g/mol. The van der Waals surface area contributed by atoms with Gasteiger partial charge in [0.25, 0.3) is 0 Å². The number of ether oxygens (including phenoxy) is 1. The van der Waals surface area contributed by atoms with Crippen LogP contribution in [0.1, 0.15) is 61.6 Å². The molecular formula is C24H25F3O. The monoisotopic (exact) mass is 386 g/mol. The molecule has 3 rings (SSSR count). The van der Waals surface area contributed by atoms with Crippen molar-refractivity contribution in [2.75, 3.05) is 0 Å². The SMILES string of the molecule is CCCc1ccc(C2CCC(C#Cc3ccc(OC(F)(F)F)cc3)CC2)cc1. The lowest BCUT2D eigenvalue weighted by atomic mass is 9.79. The maximum absolute atomic E-state index is 12.2. The van der Waals surface area contributed by atoms with Gasteiger partial charge in [0.15, 0.2) is 0 Å². The molecule has 2 aromatic rings. The van der Waals surface area contributed by atoms with Crippen LogP contribution in [0.4, 0.5) is 13.2 Å². The number of hydrogen-bond acceptors (Lipinski definition) is 1. The van der Waals surface area contributed by atoms with Crippen LogP contribution in [0.2, 0.25) is 0 Å². The van der Waals surface area contributed by atoms with Crippen molar-refractivity contribution in [2.45, 2.75) is 57.7 Å². The number of benzene rings is 2. The van der Waals surface area contributed by atoms with Gasteiger partial charge in [-0.05, 0) is 73.4 Å². The molecule has 1 fully saturated rings. The Bertz CT molecular complexity index is 802. The zero-order chi connectivity index (χ0) is 20.0. The highest BCUT2D eigenvalue weighted by molar-refractivity contribution is 5.38. The number of aryl methyl sites for hydroxylation is 1. The fraction of sp³-hybridized carbons (Fsp3) is 0.417. The second-order valence-corrected chi connectivity index (χ2v) is 7.38. The first-order valence-electron chi connectivity index (χ1n) is 9.89. The summed E-state index contributed by atoms with van der Waals surface area (Å²) in [5.74, 6) is 7.12. The van der Waals surface area contributed by atoms with Crippen LogP contribution in [-0.2, 0) is 6.42 Å². The predicted molar refractivity (Wildman–Crippen MR) is 105 cm³/mol. The summed E-state index contributed by atoms with van der Waals surface area (Å²) in [6.45, 7) is 2.20. The van der Waals surface area contributed by atoms with Crippen LogP contribution in [0.15, 0.2) is 48.5 Å². The molecule has 0 spiro atoms. The van der Waals surface area contributed by atoms with Gasteiger partial charge in [-0.1, -0.05) is 49.5 Å². The molecule has 0 aliphatic heterocycles. The van der Waals surface area contributed by atoms with E-state index < -0.39 is 6.36 Å². The van der Waals surface area contributed by atoms with E-state index in [9.17, 15) is 13.2 Å². The Balaban J connectivity index is 1.52.